The minimum Gasteiger partial charge on any atom is -0.398 e. The number of nitrogens with two attached hydrogens (primary N) is 1. The van der Waals surface area contributed by atoms with Gasteiger partial charge in [-0.3, -0.25) is 0 Å². The first-order chi connectivity index (χ1) is 7.87. The standard InChI is InChI=1S/C15H24N2/c1-14(2)13(15(14,3)4)10-17-9-11-7-5-6-8-12(11)16/h5-8,13,17H,9-10,16H2,1-4H3. The molecule has 0 aliphatic heterocycles. The van der Waals surface area contributed by atoms with Gasteiger partial charge < -0.3 is 11.1 Å². The molecule has 17 heavy (non-hydrogen) atoms. The van der Waals surface area contributed by atoms with E-state index in [9.17, 15) is 0 Å². The fourth-order valence-electron chi connectivity index (χ4n) is 2.89. The first kappa shape index (κ1) is 12.4. The molecule has 0 spiro atoms. The van der Waals surface area contributed by atoms with Crippen molar-refractivity contribution in [3.8, 4) is 0 Å². The van der Waals surface area contributed by atoms with E-state index >= 15 is 0 Å². The lowest BCUT2D eigenvalue weighted by molar-refractivity contribution is 0.457. The molecule has 1 aromatic carbocycles. The van der Waals surface area contributed by atoms with Crippen LogP contribution in [0.2, 0.25) is 0 Å². The molecule has 1 saturated carbocycles. The number of rotatable bonds is 4. The highest BCUT2D eigenvalue weighted by atomic mass is 14.9. The maximum atomic E-state index is 5.92. The lowest BCUT2D eigenvalue weighted by atomic mass is 10.0. The van der Waals surface area contributed by atoms with Gasteiger partial charge in [0.1, 0.15) is 0 Å². The van der Waals surface area contributed by atoms with Crippen LogP contribution in [0.3, 0.4) is 0 Å². The minimum absolute atomic E-state index is 0.461. The highest BCUT2D eigenvalue weighted by molar-refractivity contribution is 5.46. The summed E-state index contributed by atoms with van der Waals surface area (Å²) in [6.07, 6.45) is 0. The molecule has 3 N–H and O–H groups in total. The normalized spacial score (nSPS) is 21.4. The molecule has 0 unspecified atom stereocenters. The second kappa shape index (κ2) is 4.02. The summed E-state index contributed by atoms with van der Waals surface area (Å²) in [5.74, 6) is 0.764. The third-order valence-corrected chi connectivity index (χ3v) is 5.04. The zero-order valence-electron chi connectivity index (χ0n) is 11.4. The molecule has 0 saturated heterocycles. The molecule has 0 amide bonds. The first-order valence-corrected chi connectivity index (χ1v) is 6.41. The summed E-state index contributed by atoms with van der Waals surface area (Å²) in [6, 6.07) is 8.07. The number of anilines is 1. The van der Waals surface area contributed by atoms with Crippen LogP contribution >= 0.6 is 0 Å². The minimum atomic E-state index is 0.461. The van der Waals surface area contributed by atoms with Crippen LogP contribution < -0.4 is 11.1 Å². The summed E-state index contributed by atoms with van der Waals surface area (Å²) in [6.45, 7) is 11.4. The molecular weight excluding hydrogens is 208 g/mol. The number of para-hydroxylation sites is 1. The van der Waals surface area contributed by atoms with Crippen LogP contribution in [0.1, 0.15) is 33.3 Å². The van der Waals surface area contributed by atoms with Gasteiger partial charge in [0.25, 0.3) is 0 Å². The molecular formula is C15H24N2. The van der Waals surface area contributed by atoms with Gasteiger partial charge in [0, 0.05) is 12.2 Å². The topological polar surface area (TPSA) is 38.0 Å². The molecule has 1 aromatic rings. The Bertz CT molecular complexity index is 393. The van der Waals surface area contributed by atoms with E-state index in [4.69, 9.17) is 5.73 Å². The van der Waals surface area contributed by atoms with Crippen LogP contribution in [0, 0.1) is 16.7 Å². The van der Waals surface area contributed by atoms with E-state index < -0.39 is 0 Å². The van der Waals surface area contributed by atoms with Crippen LogP contribution in [0.25, 0.3) is 0 Å². The summed E-state index contributed by atoms with van der Waals surface area (Å²) < 4.78 is 0. The molecule has 1 aliphatic carbocycles. The molecule has 0 bridgehead atoms. The average Bonchev–Trinajstić information content (AvgIpc) is 2.63. The highest BCUT2D eigenvalue weighted by Gasteiger charge is 2.63. The summed E-state index contributed by atoms with van der Waals surface area (Å²) in [5, 5.41) is 3.54. The van der Waals surface area contributed by atoms with Gasteiger partial charge >= 0.3 is 0 Å². The van der Waals surface area contributed by atoms with E-state index in [-0.39, 0.29) is 0 Å². The van der Waals surface area contributed by atoms with Gasteiger partial charge in [0.15, 0.2) is 0 Å². The van der Waals surface area contributed by atoms with Crippen molar-refractivity contribution in [3.05, 3.63) is 29.8 Å². The van der Waals surface area contributed by atoms with Gasteiger partial charge in [0.2, 0.25) is 0 Å². The number of hydrogen-bond acceptors (Lipinski definition) is 2. The molecule has 2 heteroatoms. The predicted octanol–water partition coefficient (Wildman–Crippen LogP) is 3.04. The van der Waals surface area contributed by atoms with Gasteiger partial charge in [0.05, 0.1) is 0 Å². The van der Waals surface area contributed by atoms with Crippen LogP contribution in [0.5, 0.6) is 0 Å². The molecule has 0 aromatic heterocycles. The van der Waals surface area contributed by atoms with Crippen LogP contribution in [0.4, 0.5) is 5.69 Å². The van der Waals surface area contributed by atoms with E-state index in [0.29, 0.717) is 10.8 Å². The van der Waals surface area contributed by atoms with Crippen LogP contribution in [-0.4, -0.2) is 6.54 Å². The zero-order chi connectivity index (χ0) is 12.7. The lowest BCUT2D eigenvalue weighted by Crippen LogP contribution is -2.19. The number of hydrogen-bond donors (Lipinski definition) is 2. The average molecular weight is 232 g/mol. The first-order valence-electron chi connectivity index (χ1n) is 6.41. The summed E-state index contributed by atoms with van der Waals surface area (Å²) in [7, 11) is 0. The summed E-state index contributed by atoms with van der Waals surface area (Å²) in [5.41, 5.74) is 8.92. The van der Waals surface area contributed by atoms with Crippen molar-refractivity contribution in [3.63, 3.8) is 0 Å². The van der Waals surface area contributed by atoms with Gasteiger partial charge in [-0.25, -0.2) is 0 Å². The van der Waals surface area contributed by atoms with E-state index in [1.165, 1.54) is 5.56 Å². The molecule has 1 fully saturated rings. The SMILES string of the molecule is CC1(C)C(CNCc2ccccc2N)C1(C)C. The van der Waals surface area contributed by atoms with E-state index in [1.54, 1.807) is 0 Å². The third kappa shape index (κ3) is 2.06. The second-order valence-electron chi connectivity index (χ2n) is 6.33. The maximum Gasteiger partial charge on any atom is 0.0359 e. The Morgan fingerprint density at radius 3 is 2.24 bits per heavy atom. The Kier molecular flexibility index (Phi) is 2.94. The van der Waals surface area contributed by atoms with Gasteiger partial charge in [-0.2, -0.15) is 0 Å². The van der Waals surface area contributed by atoms with Crippen molar-refractivity contribution in [2.75, 3.05) is 12.3 Å². The Balaban J connectivity index is 1.84. The van der Waals surface area contributed by atoms with Gasteiger partial charge in [-0.05, 0) is 34.9 Å². The fraction of sp³-hybridized carbons (Fsp3) is 0.600. The second-order valence-corrected chi connectivity index (χ2v) is 6.33. The fourth-order valence-corrected chi connectivity index (χ4v) is 2.89. The summed E-state index contributed by atoms with van der Waals surface area (Å²) >= 11 is 0. The summed E-state index contributed by atoms with van der Waals surface area (Å²) in [4.78, 5) is 0. The van der Waals surface area contributed by atoms with Crippen LogP contribution in [-0.2, 0) is 6.54 Å². The smallest absolute Gasteiger partial charge is 0.0359 e. The Morgan fingerprint density at radius 1 is 1.12 bits per heavy atom. The predicted molar refractivity (Wildman–Crippen MR) is 73.6 cm³/mol. The zero-order valence-corrected chi connectivity index (χ0v) is 11.4. The Morgan fingerprint density at radius 2 is 1.71 bits per heavy atom. The van der Waals surface area contributed by atoms with Gasteiger partial charge in [-0.15, -0.1) is 0 Å². The molecule has 2 nitrogen and oxygen atoms in total. The highest BCUT2D eigenvalue weighted by Crippen LogP contribution is 2.67. The number of nitrogens with one attached hydrogen (secondary N) is 1. The Labute approximate surface area is 105 Å². The molecule has 2 rings (SSSR count). The van der Waals surface area contributed by atoms with Crippen LogP contribution in [0.15, 0.2) is 24.3 Å². The molecule has 1 aliphatic rings. The molecule has 0 radical (unpaired) electrons. The van der Waals surface area contributed by atoms with Crippen molar-refractivity contribution in [1.29, 1.82) is 0 Å². The van der Waals surface area contributed by atoms with E-state index in [0.717, 1.165) is 24.7 Å². The third-order valence-electron chi connectivity index (χ3n) is 5.04. The van der Waals surface area contributed by atoms with E-state index in [1.807, 2.05) is 18.2 Å². The quantitative estimate of drug-likeness (QED) is 0.783. The van der Waals surface area contributed by atoms with Crippen molar-refractivity contribution < 1.29 is 0 Å². The van der Waals surface area contributed by atoms with Gasteiger partial charge in [-0.1, -0.05) is 45.9 Å². The monoisotopic (exact) mass is 232 g/mol. The van der Waals surface area contributed by atoms with Crippen molar-refractivity contribution >= 4 is 5.69 Å². The van der Waals surface area contributed by atoms with E-state index in [2.05, 4.69) is 39.1 Å². The molecule has 0 heterocycles. The van der Waals surface area contributed by atoms with Crippen molar-refractivity contribution in [2.24, 2.45) is 16.7 Å². The molecule has 94 valence electrons. The maximum absolute atomic E-state index is 5.92. The number of nitrogen functional groups attached to an aromatic ring is 1. The van der Waals surface area contributed by atoms with Crippen molar-refractivity contribution in [2.45, 2.75) is 34.2 Å². The number of benzene rings is 1. The largest absolute Gasteiger partial charge is 0.398 e. The Hall–Kier alpha value is -1.02. The lowest BCUT2D eigenvalue weighted by Gasteiger charge is -2.08. The van der Waals surface area contributed by atoms with Crippen molar-refractivity contribution in [1.82, 2.24) is 5.32 Å². The molecule has 0 atom stereocenters.